The fraction of sp³-hybridized carbons (Fsp3) is 0.259. The van der Waals surface area contributed by atoms with E-state index in [-0.39, 0.29) is 12.2 Å². The van der Waals surface area contributed by atoms with E-state index >= 15 is 0 Å². The molecular formula is C27H28INO3S. The molecule has 0 saturated heterocycles. The van der Waals surface area contributed by atoms with Gasteiger partial charge in [-0.2, -0.15) is 0 Å². The SMILES string of the molecule is CCCCC(OC(=O)c1ccc(I)cc1)N(CC)c1ccc(/C=C/c2ccc(C=O)s2)cc1. The van der Waals surface area contributed by atoms with E-state index in [1.807, 2.05) is 48.6 Å². The summed E-state index contributed by atoms with van der Waals surface area (Å²) in [6.07, 6.45) is 7.38. The number of benzene rings is 2. The van der Waals surface area contributed by atoms with E-state index in [1.54, 1.807) is 0 Å². The molecule has 2 aromatic carbocycles. The third-order valence-electron chi connectivity index (χ3n) is 5.24. The normalized spacial score (nSPS) is 12.0. The van der Waals surface area contributed by atoms with Crippen LogP contribution in [0.15, 0.2) is 60.7 Å². The predicted octanol–water partition coefficient (Wildman–Crippen LogP) is 7.54. The van der Waals surface area contributed by atoms with Crippen LogP contribution in [-0.4, -0.2) is 25.0 Å². The second-order valence-corrected chi connectivity index (χ2v) is 9.97. The molecule has 0 aliphatic rings. The van der Waals surface area contributed by atoms with Crippen molar-refractivity contribution in [3.05, 3.63) is 85.1 Å². The number of aldehydes is 1. The van der Waals surface area contributed by atoms with Crippen molar-refractivity contribution in [2.75, 3.05) is 11.4 Å². The Morgan fingerprint density at radius 3 is 2.30 bits per heavy atom. The molecule has 172 valence electrons. The van der Waals surface area contributed by atoms with Gasteiger partial charge in [-0.1, -0.05) is 31.6 Å². The number of carbonyl (C=O) groups excluding carboxylic acids is 2. The molecule has 33 heavy (non-hydrogen) atoms. The van der Waals surface area contributed by atoms with Gasteiger partial charge in [0, 0.05) is 27.1 Å². The third kappa shape index (κ3) is 7.27. The van der Waals surface area contributed by atoms with Gasteiger partial charge in [0.15, 0.2) is 12.5 Å². The number of hydrogen-bond acceptors (Lipinski definition) is 5. The zero-order valence-electron chi connectivity index (χ0n) is 18.9. The summed E-state index contributed by atoms with van der Waals surface area (Å²) in [6.45, 7) is 4.95. The minimum Gasteiger partial charge on any atom is -0.438 e. The summed E-state index contributed by atoms with van der Waals surface area (Å²) in [5.74, 6) is -0.295. The molecule has 1 atom stereocenters. The monoisotopic (exact) mass is 573 g/mol. The van der Waals surface area contributed by atoms with Crippen LogP contribution in [0, 0.1) is 3.57 Å². The largest absolute Gasteiger partial charge is 0.438 e. The molecule has 0 spiro atoms. The Kier molecular flexibility index (Phi) is 9.69. The van der Waals surface area contributed by atoms with Crippen molar-refractivity contribution in [1.29, 1.82) is 0 Å². The Morgan fingerprint density at radius 2 is 1.70 bits per heavy atom. The average molecular weight is 573 g/mol. The minimum atomic E-state index is -0.323. The van der Waals surface area contributed by atoms with E-state index in [4.69, 9.17) is 4.74 Å². The number of esters is 1. The van der Waals surface area contributed by atoms with Gasteiger partial charge in [-0.15, -0.1) is 11.3 Å². The summed E-state index contributed by atoms with van der Waals surface area (Å²) in [5, 5.41) is 0. The van der Waals surface area contributed by atoms with Crippen molar-refractivity contribution in [3.8, 4) is 0 Å². The first-order chi connectivity index (χ1) is 16.0. The molecule has 3 rings (SSSR count). The molecule has 0 aliphatic heterocycles. The molecule has 0 aliphatic carbocycles. The molecule has 6 heteroatoms. The third-order valence-corrected chi connectivity index (χ3v) is 6.94. The first-order valence-electron chi connectivity index (χ1n) is 11.1. The minimum absolute atomic E-state index is 0.295. The van der Waals surface area contributed by atoms with Gasteiger partial charge < -0.3 is 9.64 Å². The summed E-state index contributed by atoms with van der Waals surface area (Å²) in [5.41, 5.74) is 2.65. The quantitative estimate of drug-likeness (QED) is 0.103. The first-order valence-corrected chi connectivity index (χ1v) is 13.0. The standard InChI is InChI=1S/C27H28INO3S/c1-3-5-6-26(32-27(31)21-10-12-22(28)13-11-21)29(4-2)23-14-7-20(8-15-23)9-16-24-17-18-25(19-30)33-24/h7-19,26H,3-6H2,1-2H3/b16-9+. The average Bonchev–Trinajstić information content (AvgIpc) is 3.31. The maximum Gasteiger partial charge on any atom is 0.340 e. The van der Waals surface area contributed by atoms with Gasteiger partial charge in [0.2, 0.25) is 0 Å². The number of anilines is 1. The van der Waals surface area contributed by atoms with Crippen molar-refractivity contribution in [1.82, 2.24) is 0 Å². The van der Waals surface area contributed by atoms with Gasteiger partial charge in [-0.05, 0) is 96.1 Å². The lowest BCUT2D eigenvalue weighted by Gasteiger charge is -2.32. The molecule has 0 N–H and O–H groups in total. The van der Waals surface area contributed by atoms with Crippen molar-refractivity contribution in [2.24, 2.45) is 0 Å². The molecule has 3 aromatic rings. The molecule has 0 radical (unpaired) electrons. The highest BCUT2D eigenvalue weighted by Crippen LogP contribution is 2.24. The highest BCUT2D eigenvalue weighted by atomic mass is 127. The maximum atomic E-state index is 12.8. The van der Waals surface area contributed by atoms with Crippen LogP contribution in [0.3, 0.4) is 0 Å². The van der Waals surface area contributed by atoms with Gasteiger partial charge in [-0.3, -0.25) is 4.79 Å². The Morgan fingerprint density at radius 1 is 1.00 bits per heavy atom. The lowest BCUT2D eigenvalue weighted by atomic mass is 10.1. The molecule has 1 unspecified atom stereocenters. The zero-order chi connectivity index (χ0) is 23.6. The smallest absolute Gasteiger partial charge is 0.340 e. The fourth-order valence-electron chi connectivity index (χ4n) is 3.46. The number of ether oxygens (including phenoxy) is 1. The topological polar surface area (TPSA) is 46.6 Å². The van der Waals surface area contributed by atoms with Gasteiger partial charge in [0.1, 0.15) is 0 Å². The number of unbranched alkanes of at least 4 members (excludes halogenated alkanes) is 1. The maximum absolute atomic E-state index is 12.8. The van der Waals surface area contributed by atoms with Crippen molar-refractivity contribution >= 4 is 64.0 Å². The van der Waals surface area contributed by atoms with Crippen molar-refractivity contribution < 1.29 is 14.3 Å². The van der Waals surface area contributed by atoms with Crippen LogP contribution >= 0.6 is 33.9 Å². The zero-order valence-corrected chi connectivity index (χ0v) is 21.8. The highest BCUT2D eigenvalue weighted by Gasteiger charge is 2.22. The van der Waals surface area contributed by atoms with Crippen LogP contribution in [0.2, 0.25) is 0 Å². The van der Waals surface area contributed by atoms with Gasteiger partial charge in [-0.25, -0.2) is 4.79 Å². The van der Waals surface area contributed by atoms with E-state index in [1.165, 1.54) is 11.3 Å². The fourth-order valence-corrected chi connectivity index (χ4v) is 4.55. The number of thiophene rings is 1. The Hall–Kier alpha value is -2.45. The number of rotatable bonds is 11. The van der Waals surface area contributed by atoms with Crippen LogP contribution in [0.1, 0.15) is 63.6 Å². The van der Waals surface area contributed by atoms with Gasteiger partial charge >= 0.3 is 5.97 Å². The first kappa shape index (κ1) is 25.2. The van der Waals surface area contributed by atoms with Crippen molar-refractivity contribution in [2.45, 2.75) is 39.3 Å². The van der Waals surface area contributed by atoms with E-state index < -0.39 is 0 Å². The van der Waals surface area contributed by atoms with Gasteiger partial charge in [0.05, 0.1) is 10.4 Å². The molecule has 0 fully saturated rings. The number of hydrogen-bond donors (Lipinski definition) is 0. The summed E-state index contributed by atoms with van der Waals surface area (Å²) >= 11 is 3.69. The van der Waals surface area contributed by atoms with Crippen LogP contribution in [0.4, 0.5) is 5.69 Å². The molecule has 1 heterocycles. The van der Waals surface area contributed by atoms with Crippen LogP contribution < -0.4 is 4.90 Å². The summed E-state index contributed by atoms with van der Waals surface area (Å²) < 4.78 is 7.06. The number of carbonyl (C=O) groups is 2. The number of halogens is 1. The summed E-state index contributed by atoms with van der Waals surface area (Å²) in [6, 6.07) is 19.5. The van der Waals surface area contributed by atoms with Gasteiger partial charge in [0.25, 0.3) is 0 Å². The van der Waals surface area contributed by atoms with E-state index in [0.29, 0.717) is 5.56 Å². The molecular weight excluding hydrogens is 545 g/mol. The summed E-state index contributed by atoms with van der Waals surface area (Å²) in [4.78, 5) is 27.6. The second-order valence-electron chi connectivity index (χ2n) is 7.58. The summed E-state index contributed by atoms with van der Waals surface area (Å²) in [7, 11) is 0. The molecule has 0 bridgehead atoms. The van der Waals surface area contributed by atoms with Crippen LogP contribution in [0.5, 0.6) is 0 Å². The predicted molar refractivity (Wildman–Crippen MR) is 146 cm³/mol. The van der Waals surface area contributed by atoms with Crippen LogP contribution in [-0.2, 0) is 4.74 Å². The molecule has 0 saturated carbocycles. The lowest BCUT2D eigenvalue weighted by Crippen LogP contribution is -2.39. The second kappa shape index (κ2) is 12.7. The number of nitrogens with zero attached hydrogens (tertiary/aromatic N) is 1. The Labute approximate surface area is 213 Å². The highest BCUT2D eigenvalue weighted by molar-refractivity contribution is 14.1. The van der Waals surface area contributed by atoms with E-state index in [0.717, 1.165) is 56.7 Å². The Balaban J connectivity index is 1.74. The van der Waals surface area contributed by atoms with Crippen LogP contribution in [0.25, 0.3) is 12.2 Å². The Bertz CT molecular complexity index is 1070. The molecule has 0 amide bonds. The van der Waals surface area contributed by atoms with E-state index in [9.17, 15) is 9.59 Å². The molecule has 4 nitrogen and oxygen atoms in total. The molecule has 1 aromatic heterocycles. The van der Waals surface area contributed by atoms with E-state index in [2.05, 4.69) is 65.6 Å². The lowest BCUT2D eigenvalue weighted by molar-refractivity contribution is 0.0270. The van der Waals surface area contributed by atoms with Crippen molar-refractivity contribution in [3.63, 3.8) is 0 Å².